The largest absolute Gasteiger partial charge is 0.320 e. The van der Waals surface area contributed by atoms with Crippen molar-refractivity contribution in [3.8, 4) is 0 Å². The average Bonchev–Trinajstić information content (AvgIpc) is 2.69. The van der Waals surface area contributed by atoms with E-state index >= 15 is 0 Å². The van der Waals surface area contributed by atoms with Gasteiger partial charge in [0.1, 0.15) is 5.71 Å². The number of amides is 1. The fraction of sp³-hybridized carbons (Fsp3) is 0. The summed E-state index contributed by atoms with van der Waals surface area (Å²) in [6.07, 6.45) is 0. The number of halogens is 2. The summed E-state index contributed by atoms with van der Waals surface area (Å²) in [5.41, 5.74) is 2.79. The number of anilines is 1. The van der Waals surface area contributed by atoms with Gasteiger partial charge in [-0.2, -0.15) is 0 Å². The fourth-order valence-electron chi connectivity index (χ4n) is 1.88. The highest BCUT2D eigenvalue weighted by Crippen LogP contribution is 2.27. The predicted molar refractivity (Wildman–Crippen MR) is 85.4 cm³/mol. The van der Waals surface area contributed by atoms with E-state index in [1.54, 1.807) is 24.3 Å². The topological polar surface area (TPSA) is 41.5 Å². The molecule has 0 saturated heterocycles. The number of hydrogen-bond acceptors (Lipinski definition) is 2. The van der Waals surface area contributed by atoms with Crippen LogP contribution in [0.2, 0.25) is 5.02 Å². The van der Waals surface area contributed by atoms with E-state index in [2.05, 4.69) is 32.9 Å². The number of aliphatic imine (C=N–C) groups is 1. The number of nitrogens with zero attached hydrogens (tertiary/aromatic N) is 1. The molecule has 3 rings (SSSR count). The summed E-state index contributed by atoms with van der Waals surface area (Å²) in [6, 6.07) is 12.9. The molecule has 0 spiro atoms. The third kappa shape index (κ3) is 2.50. The number of fused-ring (bicyclic) bond motifs is 1. The SMILES string of the molecule is O=C1Nc2ccc(I)cc2C1=Nc1ccc(Cl)cc1. The Kier molecular flexibility index (Phi) is 3.28. The first-order chi connectivity index (χ1) is 9.13. The van der Waals surface area contributed by atoms with E-state index in [-0.39, 0.29) is 5.91 Å². The molecule has 0 aromatic heterocycles. The van der Waals surface area contributed by atoms with Gasteiger partial charge in [0.05, 0.1) is 11.4 Å². The van der Waals surface area contributed by atoms with E-state index in [0.717, 1.165) is 14.8 Å². The summed E-state index contributed by atoms with van der Waals surface area (Å²) in [5, 5.41) is 3.46. The number of nitrogens with one attached hydrogen (secondary N) is 1. The van der Waals surface area contributed by atoms with Gasteiger partial charge in [0.2, 0.25) is 0 Å². The van der Waals surface area contributed by atoms with Gasteiger partial charge in [-0.3, -0.25) is 4.79 Å². The van der Waals surface area contributed by atoms with Crippen molar-refractivity contribution in [2.75, 3.05) is 5.32 Å². The van der Waals surface area contributed by atoms with Crippen LogP contribution >= 0.6 is 34.2 Å². The Hall–Kier alpha value is -1.40. The number of hydrogen-bond donors (Lipinski definition) is 1. The third-order valence-corrected chi connectivity index (χ3v) is 3.69. The highest BCUT2D eigenvalue weighted by Gasteiger charge is 2.25. The minimum atomic E-state index is -0.174. The molecule has 3 nitrogen and oxygen atoms in total. The Balaban J connectivity index is 2.08. The molecule has 1 aliphatic heterocycles. The normalized spacial score (nSPS) is 15.5. The van der Waals surface area contributed by atoms with Gasteiger partial charge in [0, 0.05) is 14.2 Å². The Bertz CT molecular complexity index is 695. The van der Waals surface area contributed by atoms with Gasteiger partial charge < -0.3 is 5.32 Å². The maximum atomic E-state index is 11.9. The zero-order valence-corrected chi connectivity index (χ0v) is 12.6. The van der Waals surface area contributed by atoms with Gasteiger partial charge in [0.15, 0.2) is 0 Å². The first kappa shape index (κ1) is 12.6. The summed E-state index contributed by atoms with van der Waals surface area (Å²) in [4.78, 5) is 16.3. The van der Waals surface area contributed by atoms with Crippen molar-refractivity contribution >= 4 is 57.2 Å². The summed E-state index contributed by atoms with van der Waals surface area (Å²) in [7, 11) is 0. The molecule has 0 bridgehead atoms. The standard InChI is InChI=1S/C14H8ClIN2O/c15-8-1-4-10(5-2-8)17-13-11-7-9(16)3-6-12(11)18-14(13)19/h1-7H,(H,17,18,19). The maximum Gasteiger partial charge on any atom is 0.275 e. The first-order valence-corrected chi connectivity index (χ1v) is 7.05. The Labute approximate surface area is 128 Å². The number of rotatable bonds is 1. The minimum Gasteiger partial charge on any atom is -0.320 e. The van der Waals surface area contributed by atoms with Crippen LogP contribution in [-0.2, 0) is 4.79 Å². The predicted octanol–water partition coefficient (Wildman–Crippen LogP) is 4.02. The van der Waals surface area contributed by atoms with E-state index in [1.807, 2.05) is 18.2 Å². The molecular weight excluding hydrogens is 375 g/mol. The van der Waals surface area contributed by atoms with Crippen LogP contribution in [0.3, 0.4) is 0 Å². The van der Waals surface area contributed by atoms with Crippen LogP contribution in [0, 0.1) is 3.57 Å². The van der Waals surface area contributed by atoms with Crippen LogP contribution in [0.1, 0.15) is 5.56 Å². The molecule has 2 aromatic carbocycles. The molecular formula is C14H8ClIN2O. The quantitative estimate of drug-likeness (QED) is 0.744. The molecule has 5 heteroatoms. The molecule has 1 amide bonds. The monoisotopic (exact) mass is 382 g/mol. The molecule has 0 aliphatic carbocycles. The lowest BCUT2D eigenvalue weighted by Crippen LogP contribution is -2.13. The lowest BCUT2D eigenvalue weighted by atomic mass is 10.1. The number of benzene rings is 2. The van der Waals surface area contributed by atoms with E-state index in [9.17, 15) is 4.79 Å². The van der Waals surface area contributed by atoms with Crippen molar-refractivity contribution in [3.63, 3.8) is 0 Å². The van der Waals surface area contributed by atoms with Crippen molar-refractivity contribution in [2.24, 2.45) is 4.99 Å². The number of carbonyl (C=O) groups excluding carboxylic acids is 1. The molecule has 1 heterocycles. The molecule has 0 radical (unpaired) electrons. The van der Waals surface area contributed by atoms with Crippen molar-refractivity contribution in [1.82, 2.24) is 0 Å². The van der Waals surface area contributed by atoms with Crippen molar-refractivity contribution in [1.29, 1.82) is 0 Å². The average molecular weight is 383 g/mol. The number of carbonyl (C=O) groups is 1. The summed E-state index contributed by atoms with van der Waals surface area (Å²) in [6.45, 7) is 0. The van der Waals surface area contributed by atoms with Crippen molar-refractivity contribution in [3.05, 3.63) is 56.6 Å². The van der Waals surface area contributed by atoms with Gasteiger partial charge >= 0.3 is 0 Å². The Morgan fingerprint density at radius 2 is 1.84 bits per heavy atom. The second kappa shape index (κ2) is 4.94. The molecule has 0 fully saturated rings. The van der Waals surface area contributed by atoms with Gasteiger partial charge in [-0.15, -0.1) is 0 Å². The molecule has 94 valence electrons. The minimum absolute atomic E-state index is 0.174. The second-order valence-corrected chi connectivity index (χ2v) is 5.76. The highest BCUT2D eigenvalue weighted by molar-refractivity contribution is 14.1. The third-order valence-electron chi connectivity index (χ3n) is 2.77. The van der Waals surface area contributed by atoms with Crippen LogP contribution in [0.4, 0.5) is 11.4 Å². The van der Waals surface area contributed by atoms with Gasteiger partial charge in [-0.1, -0.05) is 11.6 Å². The molecule has 2 aromatic rings. The van der Waals surface area contributed by atoms with Crippen LogP contribution < -0.4 is 5.32 Å². The first-order valence-electron chi connectivity index (χ1n) is 5.59. The van der Waals surface area contributed by atoms with E-state index in [1.165, 1.54) is 0 Å². The van der Waals surface area contributed by atoms with Crippen molar-refractivity contribution < 1.29 is 4.79 Å². The smallest absolute Gasteiger partial charge is 0.275 e. The Morgan fingerprint density at radius 3 is 2.58 bits per heavy atom. The molecule has 19 heavy (non-hydrogen) atoms. The van der Waals surface area contributed by atoms with E-state index < -0.39 is 0 Å². The van der Waals surface area contributed by atoms with Crippen LogP contribution in [-0.4, -0.2) is 11.6 Å². The van der Waals surface area contributed by atoms with Crippen LogP contribution in [0.25, 0.3) is 0 Å². The molecule has 1 N–H and O–H groups in total. The molecule has 1 aliphatic rings. The summed E-state index contributed by atoms with van der Waals surface area (Å²) in [5.74, 6) is -0.174. The molecule has 0 unspecified atom stereocenters. The molecule has 0 saturated carbocycles. The summed E-state index contributed by atoms with van der Waals surface area (Å²) < 4.78 is 1.07. The maximum absolute atomic E-state index is 11.9. The fourth-order valence-corrected chi connectivity index (χ4v) is 2.50. The Morgan fingerprint density at radius 1 is 1.11 bits per heavy atom. The van der Waals surface area contributed by atoms with E-state index in [0.29, 0.717) is 16.4 Å². The summed E-state index contributed by atoms with van der Waals surface area (Å²) >= 11 is 8.04. The van der Waals surface area contributed by atoms with Gasteiger partial charge in [-0.25, -0.2) is 4.99 Å². The zero-order valence-electron chi connectivity index (χ0n) is 9.65. The van der Waals surface area contributed by atoms with Gasteiger partial charge in [0.25, 0.3) is 5.91 Å². The van der Waals surface area contributed by atoms with Gasteiger partial charge in [-0.05, 0) is 65.1 Å². The second-order valence-electron chi connectivity index (χ2n) is 4.08. The van der Waals surface area contributed by atoms with Crippen LogP contribution in [0.15, 0.2) is 47.5 Å². The lowest BCUT2D eigenvalue weighted by molar-refractivity contribution is -0.110. The van der Waals surface area contributed by atoms with Crippen molar-refractivity contribution in [2.45, 2.75) is 0 Å². The lowest BCUT2D eigenvalue weighted by Gasteiger charge is -1.99. The highest BCUT2D eigenvalue weighted by atomic mass is 127. The van der Waals surface area contributed by atoms with Crippen LogP contribution in [0.5, 0.6) is 0 Å². The molecule has 0 atom stereocenters. The van der Waals surface area contributed by atoms with E-state index in [4.69, 9.17) is 11.6 Å². The zero-order chi connectivity index (χ0) is 13.4.